The van der Waals surface area contributed by atoms with Crippen molar-refractivity contribution >= 4 is 39.8 Å². The fraction of sp³-hybridized carbons (Fsp3) is 0.350. The average Bonchev–Trinajstić information content (AvgIpc) is 2.66. The number of fused-ring (bicyclic) bond motifs is 1. The molecule has 2 aromatic rings. The first-order valence-electron chi connectivity index (χ1n) is 9.06. The smallest absolute Gasteiger partial charge is 0.189 e. The molecule has 1 heterocycles. The number of rotatable bonds is 7. The Hall–Kier alpha value is -1.81. The predicted octanol–water partition coefficient (Wildman–Crippen LogP) is 3.04. The summed E-state index contributed by atoms with van der Waals surface area (Å²) in [6.07, 6.45) is 1.25. The van der Waals surface area contributed by atoms with Gasteiger partial charge in [0.05, 0.1) is 24.2 Å². The van der Waals surface area contributed by atoms with Crippen molar-refractivity contribution in [1.29, 1.82) is 0 Å². The summed E-state index contributed by atoms with van der Waals surface area (Å²) in [5.41, 5.74) is 7.85. The Morgan fingerprint density at radius 1 is 1.14 bits per heavy atom. The Morgan fingerprint density at radius 2 is 1.86 bits per heavy atom. The molecule has 0 aliphatic carbocycles. The van der Waals surface area contributed by atoms with E-state index in [0.29, 0.717) is 25.5 Å². The minimum absolute atomic E-state index is 0. The van der Waals surface area contributed by atoms with Gasteiger partial charge in [-0.2, -0.15) is 0 Å². The third kappa shape index (κ3) is 6.66. The zero-order valence-corrected chi connectivity index (χ0v) is 18.7. The molecule has 0 fully saturated rings. The lowest BCUT2D eigenvalue weighted by atomic mass is 10.0. The summed E-state index contributed by atoms with van der Waals surface area (Å²) in [6.45, 7) is 0.997. The van der Waals surface area contributed by atoms with Crippen molar-refractivity contribution in [2.24, 2.45) is 10.7 Å². The van der Waals surface area contributed by atoms with Gasteiger partial charge in [0.1, 0.15) is 5.75 Å². The molecule has 0 saturated carbocycles. The van der Waals surface area contributed by atoms with Crippen molar-refractivity contribution in [3.05, 3.63) is 65.7 Å². The minimum Gasteiger partial charge on any atom is -0.493 e. The van der Waals surface area contributed by atoms with Crippen LogP contribution in [0.4, 0.5) is 0 Å². The topological polar surface area (TPSA) is 93.8 Å². The highest BCUT2D eigenvalue weighted by Gasteiger charge is 2.21. The fourth-order valence-electron chi connectivity index (χ4n) is 3.10. The molecule has 152 valence electrons. The Balaban J connectivity index is 0.00000280. The molecular formula is C20H26IN3O3S. The monoisotopic (exact) mass is 515 g/mol. The molecule has 1 aliphatic rings. The number of aliphatic imine (C=N–C) groups is 1. The number of hydrogen-bond acceptors (Lipinski definition) is 4. The molecule has 1 unspecified atom stereocenters. The van der Waals surface area contributed by atoms with Crippen LogP contribution in [-0.4, -0.2) is 33.3 Å². The number of nitrogens with zero attached hydrogens (tertiary/aromatic N) is 1. The number of guanidine groups is 1. The van der Waals surface area contributed by atoms with Gasteiger partial charge in [-0.25, -0.2) is 8.42 Å². The lowest BCUT2D eigenvalue weighted by Gasteiger charge is -2.26. The van der Waals surface area contributed by atoms with Crippen LogP contribution in [0.5, 0.6) is 5.75 Å². The number of sulfone groups is 1. The maximum atomic E-state index is 12.2. The zero-order chi connectivity index (χ0) is 19.1. The SMILES string of the molecule is I.NC(=NCCCS(=O)(=O)Cc1ccccc1)NC1CCOc2ccccc21. The summed E-state index contributed by atoms with van der Waals surface area (Å²) in [6, 6.07) is 17.1. The largest absolute Gasteiger partial charge is 0.493 e. The number of benzene rings is 2. The summed E-state index contributed by atoms with van der Waals surface area (Å²) in [4.78, 5) is 4.28. The molecule has 1 atom stereocenters. The van der Waals surface area contributed by atoms with E-state index in [0.717, 1.165) is 23.3 Å². The molecule has 0 saturated heterocycles. The van der Waals surface area contributed by atoms with Gasteiger partial charge in [-0.1, -0.05) is 48.5 Å². The molecule has 2 aromatic carbocycles. The minimum atomic E-state index is -3.15. The Kier molecular flexibility index (Phi) is 8.56. The van der Waals surface area contributed by atoms with Gasteiger partial charge in [0, 0.05) is 18.5 Å². The van der Waals surface area contributed by atoms with Gasteiger partial charge >= 0.3 is 0 Å². The Morgan fingerprint density at radius 3 is 2.64 bits per heavy atom. The number of halogens is 1. The second kappa shape index (κ2) is 10.7. The van der Waals surface area contributed by atoms with E-state index in [9.17, 15) is 8.42 Å². The molecule has 28 heavy (non-hydrogen) atoms. The summed E-state index contributed by atoms with van der Waals surface area (Å²) in [5.74, 6) is 1.35. The van der Waals surface area contributed by atoms with Crippen LogP contribution in [0.3, 0.4) is 0 Å². The Labute approximate surface area is 183 Å². The second-order valence-corrected chi connectivity index (χ2v) is 8.75. The first kappa shape index (κ1) is 22.5. The van der Waals surface area contributed by atoms with Gasteiger partial charge in [-0.05, 0) is 18.1 Å². The highest BCUT2D eigenvalue weighted by Crippen LogP contribution is 2.31. The fourth-order valence-corrected chi connectivity index (χ4v) is 4.51. The van der Waals surface area contributed by atoms with Crippen LogP contribution in [-0.2, 0) is 15.6 Å². The quantitative estimate of drug-likeness (QED) is 0.256. The van der Waals surface area contributed by atoms with Crippen molar-refractivity contribution < 1.29 is 13.2 Å². The molecule has 0 amide bonds. The second-order valence-electron chi connectivity index (χ2n) is 6.57. The van der Waals surface area contributed by atoms with Gasteiger partial charge in [0.2, 0.25) is 0 Å². The lowest BCUT2D eigenvalue weighted by Crippen LogP contribution is -2.37. The predicted molar refractivity (Wildman–Crippen MR) is 123 cm³/mol. The van der Waals surface area contributed by atoms with Crippen LogP contribution in [0.15, 0.2) is 59.6 Å². The molecular weight excluding hydrogens is 489 g/mol. The van der Waals surface area contributed by atoms with E-state index < -0.39 is 9.84 Å². The molecule has 0 spiro atoms. The third-order valence-corrected chi connectivity index (χ3v) is 6.09. The lowest BCUT2D eigenvalue weighted by molar-refractivity contribution is 0.262. The maximum Gasteiger partial charge on any atom is 0.189 e. The van der Waals surface area contributed by atoms with Crippen LogP contribution >= 0.6 is 24.0 Å². The summed E-state index contributed by atoms with van der Waals surface area (Å²) in [5, 5.41) is 3.21. The van der Waals surface area contributed by atoms with E-state index in [1.165, 1.54) is 0 Å². The molecule has 0 aromatic heterocycles. The van der Waals surface area contributed by atoms with Gasteiger partial charge < -0.3 is 15.8 Å². The summed E-state index contributed by atoms with van der Waals surface area (Å²) < 4.78 is 30.0. The maximum absolute atomic E-state index is 12.2. The molecule has 8 heteroatoms. The number of hydrogen-bond donors (Lipinski definition) is 2. The van der Waals surface area contributed by atoms with Gasteiger partial charge in [-0.15, -0.1) is 24.0 Å². The van der Waals surface area contributed by atoms with Crippen molar-refractivity contribution in [3.8, 4) is 5.75 Å². The highest BCUT2D eigenvalue weighted by atomic mass is 127. The standard InChI is InChI=1S/C20H25N3O3S.HI/c21-20(23-18-11-13-26-19-10-5-4-9-17(18)19)22-12-6-14-27(24,25)15-16-7-2-1-3-8-16;/h1-5,7-10,18H,6,11-15H2,(H3,21,22,23);1H. The first-order valence-corrected chi connectivity index (χ1v) is 10.9. The van der Waals surface area contributed by atoms with E-state index in [1.54, 1.807) is 0 Å². The van der Waals surface area contributed by atoms with E-state index in [2.05, 4.69) is 10.3 Å². The van der Waals surface area contributed by atoms with Gasteiger partial charge in [0.25, 0.3) is 0 Å². The van der Waals surface area contributed by atoms with Crippen molar-refractivity contribution in [3.63, 3.8) is 0 Å². The Bertz CT molecular complexity index is 889. The first-order chi connectivity index (χ1) is 13.0. The van der Waals surface area contributed by atoms with Crippen molar-refractivity contribution in [2.45, 2.75) is 24.6 Å². The number of nitrogens with one attached hydrogen (secondary N) is 1. The van der Waals surface area contributed by atoms with Crippen LogP contribution < -0.4 is 15.8 Å². The van der Waals surface area contributed by atoms with Crippen LogP contribution in [0.25, 0.3) is 0 Å². The zero-order valence-electron chi connectivity index (χ0n) is 15.6. The summed E-state index contributed by atoms with van der Waals surface area (Å²) >= 11 is 0. The highest BCUT2D eigenvalue weighted by molar-refractivity contribution is 14.0. The summed E-state index contributed by atoms with van der Waals surface area (Å²) in [7, 11) is -3.15. The van der Waals surface area contributed by atoms with Crippen LogP contribution in [0, 0.1) is 0 Å². The molecule has 0 radical (unpaired) electrons. The molecule has 6 nitrogen and oxygen atoms in total. The number of nitrogens with two attached hydrogens (primary N) is 1. The molecule has 1 aliphatic heterocycles. The van der Waals surface area contributed by atoms with Crippen molar-refractivity contribution in [1.82, 2.24) is 5.32 Å². The number of ether oxygens (including phenoxy) is 1. The van der Waals surface area contributed by atoms with Gasteiger partial charge in [0.15, 0.2) is 15.8 Å². The average molecular weight is 515 g/mol. The molecule has 0 bridgehead atoms. The van der Waals surface area contributed by atoms with Crippen molar-refractivity contribution in [2.75, 3.05) is 18.9 Å². The normalized spacial score (nSPS) is 16.4. The van der Waals surface area contributed by atoms with Crippen LogP contribution in [0.1, 0.15) is 30.0 Å². The van der Waals surface area contributed by atoms with E-state index in [1.807, 2.05) is 54.6 Å². The third-order valence-electron chi connectivity index (χ3n) is 4.41. The van der Waals surface area contributed by atoms with E-state index >= 15 is 0 Å². The number of para-hydroxylation sites is 1. The van der Waals surface area contributed by atoms with E-state index in [4.69, 9.17) is 10.5 Å². The van der Waals surface area contributed by atoms with Gasteiger partial charge in [-0.3, -0.25) is 4.99 Å². The van der Waals surface area contributed by atoms with E-state index in [-0.39, 0.29) is 41.5 Å². The van der Waals surface area contributed by atoms with Crippen LogP contribution in [0.2, 0.25) is 0 Å². The molecule has 3 rings (SSSR count). The molecule has 3 N–H and O–H groups in total.